The first kappa shape index (κ1) is 12.2. The van der Waals surface area contributed by atoms with E-state index in [1.165, 1.54) is 6.42 Å². The van der Waals surface area contributed by atoms with E-state index in [-0.39, 0.29) is 12.0 Å². The normalized spacial score (nSPS) is 33.8. The Balaban J connectivity index is 1.88. The van der Waals surface area contributed by atoms with E-state index in [2.05, 4.69) is 4.90 Å². The molecule has 2 unspecified atom stereocenters. The summed E-state index contributed by atoms with van der Waals surface area (Å²) in [7, 11) is 0. The predicted molar refractivity (Wildman–Crippen MR) is 56.0 cm³/mol. The fraction of sp³-hybridized carbons (Fsp3) is 1.00. The van der Waals surface area contributed by atoms with Crippen molar-refractivity contribution in [2.24, 2.45) is 11.7 Å². The second kappa shape index (κ2) is 4.53. The Hall–Kier alpha value is -0.290. The molecule has 0 aromatic heterocycles. The monoisotopic (exact) mass is 236 g/mol. The zero-order valence-corrected chi connectivity index (χ0v) is 9.34. The van der Waals surface area contributed by atoms with E-state index in [9.17, 15) is 13.2 Å². The maximum Gasteiger partial charge on any atom is 0.389 e. The lowest BCUT2D eigenvalue weighted by molar-refractivity contribution is -0.149. The van der Waals surface area contributed by atoms with Crippen LogP contribution in [0.5, 0.6) is 0 Å². The number of nitrogens with zero attached hydrogens (tertiary/aromatic N) is 1. The van der Waals surface area contributed by atoms with Crippen LogP contribution in [0.3, 0.4) is 0 Å². The second-order valence-corrected chi connectivity index (χ2v) is 5.22. The van der Waals surface area contributed by atoms with Crippen LogP contribution in [0.4, 0.5) is 13.2 Å². The van der Waals surface area contributed by atoms with Crippen LogP contribution < -0.4 is 5.73 Å². The molecule has 1 saturated carbocycles. The van der Waals surface area contributed by atoms with Gasteiger partial charge in [0.2, 0.25) is 0 Å². The summed E-state index contributed by atoms with van der Waals surface area (Å²) in [4.78, 5) is 2.17. The number of piperidine rings is 1. The van der Waals surface area contributed by atoms with Crippen molar-refractivity contribution in [1.29, 1.82) is 0 Å². The van der Waals surface area contributed by atoms with Gasteiger partial charge in [0, 0.05) is 31.6 Å². The summed E-state index contributed by atoms with van der Waals surface area (Å²) >= 11 is 0. The largest absolute Gasteiger partial charge is 0.389 e. The van der Waals surface area contributed by atoms with Crippen molar-refractivity contribution < 1.29 is 13.2 Å². The summed E-state index contributed by atoms with van der Waals surface area (Å²) in [5.41, 5.74) is 5.84. The van der Waals surface area contributed by atoms with E-state index in [0.29, 0.717) is 19.0 Å². The Bertz CT molecular complexity index is 238. The van der Waals surface area contributed by atoms with Gasteiger partial charge in [-0.25, -0.2) is 0 Å². The summed E-state index contributed by atoms with van der Waals surface area (Å²) in [6.45, 7) is 1.36. The number of nitrogens with two attached hydrogens (primary N) is 1. The molecule has 2 aliphatic rings. The molecule has 2 fully saturated rings. The Kier molecular flexibility index (Phi) is 3.45. The Morgan fingerprint density at radius 1 is 1.19 bits per heavy atom. The molecule has 2 nitrogen and oxygen atoms in total. The lowest BCUT2D eigenvalue weighted by Gasteiger charge is -2.44. The van der Waals surface area contributed by atoms with Gasteiger partial charge in [0.1, 0.15) is 0 Å². The molecule has 2 atom stereocenters. The molecule has 0 aromatic carbocycles. The van der Waals surface area contributed by atoms with Crippen LogP contribution in [-0.4, -0.2) is 36.2 Å². The van der Waals surface area contributed by atoms with E-state index >= 15 is 0 Å². The minimum Gasteiger partial charge on any atom is -0.327 e. The molecule has 2 N–H and O–H groups in total. The lowest BCUT2D eigenvalue weighted by atomic mass is 9.85. The smallest absolute Gasteiger partial charge is 0.327 e. The first-order valence-electron chi connectivity index (χ1n) is 6.00. The third kappa shape index (κ3) is 3.10. The SMILES string of the molecule is NC1CC(CC(F)(F)F)CN(C2CCC2)C1. The number of hydrogen-bond acceptors (Lipinski definition) is 2. The van der Waals surface area contributed by atoms with Crippen molar-refractivity contribution in [3.05, 3.63) is 0 Å². The van der Waals surface area contributed by atoms with Crippen molar-refractivity contribution in [3.8, 4) is 0 Å². The Labute approximate surface area is 94.0 Å². The second-order valence-electron chi connectivity index (χ2n) is 5.22. The van der Waals surface area contributed by atoms with Gasteiger partial charge in [-0.15, -0.1) is 0 Å². The fourth-order valence-electron chi connectivity index (χ4n) is 2.81. The van der Waals surface area contributed by atoms with Gasteiger partial charge >= 0.3 is 6.18 Å². The highest BCUT2D eigenvalue weighted by atomic mass is 19.4. The lowest BCUT2D eigenvalue weighted by Crippen LogP contribution is -2.53. The van der Waals surface area contributed by atoms with Gasteiger partial charge in [-0.1, -0.05) is 6.42 Å². The molecule has 1 heterocycles. The van der Waals surface area contributed by atoms with Gasteiger partial charge in [-0.2, -0.15) is 13.2 Å². The van der Waals surface area contributed by atoms with Crippen LogP contribution in [0.15, 0.2) is 0 Å². The quantitative estimate of drug-likeness (QED) is 0.796. The maximum absolute atomic E-state index is 12.3. The molecule has 0 aromatic rings. The van der Waals surface area contributed by atoms with Crippen molar-refractivity contribution >= 4 is 0 Å². The fourth-order valence-corrected chi connectivity index (χ4v) is 2.81. The number of halogens is 3. The molecule has 94 valence electrons. The number of likely N-dealkylation sites (tertiary alicyclic amines) is 1. The summed E-state index contributed by atoms with van der Waals surface area (Å²) in [6, 6.07) is 0.420. The molecule has 1 aliphatic heterocycles. The minimum absolute atomic E-state index is 0.0818. The maximum atomic E-state index is 12.3. The molecular formula is C11H19F3N2. The van der Waals surface area contributed by atoms with Crippen LogP contribution in [0.25, 0.3) is 0 Å². The summed E-state index contributed by atoms with van der Waals surface area (Å²) in [6.07, 6.45) is -0.739. The van der Waals surface area contributed by atoms with Gasteiger partial charge in [0.05, 0.1) is 0 Å². The highest BCUT2D eigenvalue weighted by molar-refractivity contribution is 4.89. The summed E-state index contributed by atoms with van der Waals surface area (Å²) < 4.78 is 37.0. The van der Waals surface area contributed by atoms with Gasteiger partial charge in [0.15, 0.2) is 0 Å². The summed E-state index contributed by atoms with van der Waals surface area (Å²) in [5.74, 6) is -0.302. The molecule has 0 spiro atoms. The first-order valence-corrected chi connectivity index (χ1v) is 6.00. The molecule has 2 rings (SSSR count). The number of alkyl halides is 3. The van der Waals surface area contributed by atoms with Crippen molar-refractivity contribution in [1.82, 2.24) is 4.90 Å². The van der Waals surface area contributed by atoms with Crippen molar-refractivity contribution in [3.63, 3.8) is 0 Å². The molecule has 1 saturated heterocycles. The molecule has 5 heteroatoms. The topological polar surface area (TPSA) is 29.3 Å². The zero-order chi connectivity index (χ0) is 11.8. The third-order valence-electron chi connectivity index (χ3n) is 3.71. The van der Waals surface area contributed by atoms with E-state index in [1.807, 2.05) is 0 Å². The molecular weight excluding hydrogens is 217 g/mol. The van der Waals surface area contributed by atoms with E-state index < -0.39 is 12.6 Å². The first-order chi connectivity index (χ1) is 7.44. The highest BCUT2D eigenvalue weighted by Crippen LogP contribution is 2.33. The van der Waals surface area contributed by atoms with E-state index in [4.69, 9.17) is 5.73 Å². The van der Waals surface area contributed by atoms with Crippen LogP contribution in [0.1, 0.15) is 32.1 Å². The molecule has 1 aliphatic carbocycles. The van der Waals surface area contributed by atoms with Crippen LogP contribution in [0, 0.1) is 5.92 Å². The average Bonchev–Trinajstić information content (AvgIpc) is 1.94. The Morgan fingerprint density at radius 2 is 1.88 bits per heavy atom. The Morgan fingerprint density at radius 3 is 2.38 bits per heavy atom. The van der Waals surface area contributed by atoms with E-state index in [1.54, 1.807) is 0 Å². The predicted octanol–water partition coefficient (Wildman–Crippen LogP) is 2.14. The van der Waals surface area contributed by atoms with Gasteiger partial charge < -0.3 is 5.73 Å². The highest BCUT2D eigenvalue weighted by Gasteiger charge is 2.38. The minimum atomic E-state index is -4.05. The van der Waals surface area contributed by atoms with E-state index in [0.717, 1.165) is 19.4 Å². The van der Waals surface area contributed by atoms with Gasteiger partial charge in [-0.3, -0.25) is 4.90 Å². The van der Waals surface area contributed by atoms with Crippen LogP contribution in [0.2, 0.25) is 0 Å². The van der Waals surface area contributed by atoms with Crippen LogP contribution >= 0.6 is 0 Å². The molecule has 0 radical (unpaired) electrons. The molecule has 16 heavy (non-hydrogen) atoms. The van der Waals surface area contributed by atoms with Crippen molar-refractivity contribution in [2.75, 3.05) is 13.1 Å². The van der Waals surface area contributed by atoms with Gasteiger partial charge in [-0.05, 0) is 25.2 Å². The zero-order valence-electron chi connectivity index (χ0n) is 9.34. The average molecular weight is 236 g/mol. The van der Waals surface area contributed by atoms with Crippen molar-refractivity contribution in [2.45, 2.75) is 50.4 Å². The molecule has 0 amide bonds. The summed E-state index contributed by atoms with van der Waals surface area (Å²) in [5, 5.41) is 0. The number of rotatable bonds is 2. The number of hydrogen-bond donors (Lipinski definition) is 1. The molecule has 0 bridgehead atoms. The van der Waals surface area contributed by atoms with Gasteiger partial charge in [0.25, 0.3) is 0 Å². The third-order valence-corrected chi connectivity index (χ3v) is 3.71. The standard InChI is InChI=1S/C11H19F3N2/c12-11(13,14)5-8-4-9(15)7-16(6-8)10-2-1-3-10/h8-10H,1-7,15H2. The van der Waals surface area contributed by atoms with Crippen LogP contribution in [-0.2, 0) is 0 Å².